The van der Waals surface area contributed by atoms with Gasteiger partial charge in [0.05, 0.1) is 11.7 Å². The number of rotatable bonds is 3. The third-order valence-electron chi connectivity index (χ3n) is 2.32. The van der Waals surface area contributed by atoms with Gasteiger partial charge in [0.15, 0.2) is 0 Å². The minimum atomic E-state index is -1.36. The molecule has 1 N–H and O–H groups in total. The average Bonchev–Trinajstić information content (AvgIpc) is 2.39. The van der Waals surface area contributed by atoms with Crippen LogP contribution in [-0.2, 0) is 0 Å². The number of nitrogens with zero attached hydrogens (tertiary/aromatic N) is 2. The fourth-order valence-electron chi connectivity index (χ4n) is 1.50. The van der Waals surface area contributed by atoms with E-state index in [4.69, 9.17) is 0 Å². The summed E-state index contributed by atoms with van der Waals surface area (Å²) in [4.78, 5) is 18.6. The molecule has 0 radical (unpaired) electrons. The quantitative estimate of drug-likeness (QED) is 0.795. The molecule has 5 heteroatoms. The summed E-state index contributed by atoms with van der Waals surface area (Å²) in [6, 6.07) is 6.12. The predicted octanol–water partition coefficient (Wildman–Crippen LogP) is -0.0782. The molecule has 0 aliphatic heterocycles. The normalized spacial score (nSPS) is 12.1. The van der Waals surface area contributed by atoms with Crippen molar-refractivity contribution in [2.45, 2.75) is 6.10 Å². The predicted molar refractivity (Wildman–Crippen MR) is 56.9 cm³/mol. The van der Waals surface area contributed by atoms with Crippen LogP contribution in [0.1, 0.15) is 27.7 Å². The zero-order valence-electron chi connectivity index (χ0n) is 8.78. The molecule has 0 bridgehead atoms. The Bertz CT molecular complexity index is 528. The van der Waals surface area contributed by atoms with Crippen LogP contribution >= 0.6 is 0 Å². The Balaban J connectivity index is 2.44. The summed E-state index contributed by atoms with van der Waals surface area (Å²) in [6.07, 6.45) is 3.31. The van der Waals surface area contributed by atoms with Crippen molar-refractivity contribution in [3.05, 3.63) is 59.7 Å². The van der Waals surface area contributed by atoms with Gasteiger partial charge in [0.2, 0.25) is 0 Å². The Labute approximate surface area is 97.4 Å². The molecule has 17 heavy (non-hydrogen) atoms. The summed E-state index contributed by atoms with van der Waals surface area (Å²) in [5.74, 6) is -1.36. The van der Waals surface area contributed by atoms with Crippen LogP contribution in [0, 0.1) is 0 Å². The number of carboxylic acid groups (broad SMARTS) is 1. The lowest BCUT2D eigenvalue weighted by Gasteiger charge is -2.14. The van der Waals surface area contributed by atoms with E-state index in [2.05, 4.69) is 9.97 Å². The highest BCUT2D eigenvalue weighted by atomic mass is 16.4. The first kappa shape index (κ1) is 11.2. The van der Waals surface area contributed by atoms with Crippen LogP contribution in [0.5, 0.6) is 0 Å². The largest absolute Gasteiger partial charge is 0.545 e. The molecule has 0 aromatic carbocycles. The Kier molecular flexibility index (Phi) is 3.11. The Morgan fingerprint density at radius 1 is 1.29 bits per heavy atom. The van der Waals surface area contributed by atoms with Crippen LogP contribution < -0.4 is 5.11 Å². The summed E-state index contributed by atoms with van der Waals surface area (Å²) in [5, 5.41) is 20.9. The second-order valence-electron chi connectivity index (χ2n) is 3.41. The van der Waals surface area contributed by atoms with Gasteiger partial charge in [-0.2, -0.15) is 0 Å². The van der Waals surface area contributed by atoms with Gasteiger partial charge < -0.3 is 15.0 Å². The van der Waals surface area contributed by atoms with E-state index in [1.807, 2.05) is 0 Å². The first-order chi connectivity index (χ1) is 8.20. The lowest BCUT2D eigenvalue weighted by atomic mass is 10.0. The fourth-order valence-corrected chi connectivity index (χ4v) is 1.50. The van der Waals surface area contributed by atoms with E-state index in [1.54, 1.807) is 18.3 Å². The highest BCUT2D eigenvalue weighted by Gasteiger charge is 2.16. The Hall–Kier alpha value is -2.27. The molecular weight excluding hydrogens is 220 g/mol. The maximum atomic E-state index is 10.9. The molecule has 2 aromatic heterocycles. The van der Waals surface area contributed by atoms with E-state index in [0.29, 0.717) is 5.56 Å². The van der Waals surface area contributed by atoms with Gasteiger partial charge in [0.25, 0.3) is 0 Å². The molecule has 2 rings (SSSR count). The van der Waals surface area contributed by atoms with Gasteiger partial charge in [-0.15, -0.1) is 0 Å². The van der Waals surface area contributed by atoms with Gasteiger partial charge in [-0.3, -0.25) is 9.97 Å². The standard InChI is InChI=1S/C12H10N2O3/c15-11(8-3-1-5-13-7-8)10-9(12(16)17)4-2-6-14-10/h1-7,11,15H,(H,16,17)/p-1. The van der Waals surface area contributed by atoms with Crippen molar-refractivity contribution in [3.8, 4) is 0 Å². The molecule has 0 spiro atoms. The van der Waals surface area contributed by atoms with Crippen molar-refractivity contribution in [2.75, 3.05) is 0 Å². The van der Waals surface area contributed by atoms with Crippen LogP contribution in [0.2, 0.25) is 0 Å². The molecule has 0 fully saturated rings. The molecule has 2 aromatic rings. The molecule has 86 valence electrons. The summed E-state index contributed by atoms with van der Waals surface area (Å²) < 4.78 is 0. The van der Waals surface area contributed by atoms with Gasteiger partial charge in [0, 0.05) is 29.7 Å². The number of hydrogen-bond donors (Lipinski definition) is 1. The van der Waals surface area contributed by atoms with Crippen LogP contribution in [0.15, 0.2) is 42.9 Å². The van der Waals surface area contributed by atoms with E-state index in [1.165, 1.54) is 24.5 Å². The number of pyridine rings is 2. The molecule has 0 aliphatic rings. The number of aliphatic hydroxyl groups excluding tert-OH is 1. The van der Waals surface area contributed by atoms with E-state index < -0.39 is 12.1 Å². The van der Waals surface area contributed by atoms with Crippen molar-refractivity contribution in [2.24, 2.45) is 0 Å². The third-order valence-corrected chi connectivity index (χ3v) is 2.32. The van der Waals surface area contributed by atoms with Crippen molar-refractivity contribution in [1.29, 1.82) is 0 Å². The zero-order valence-corrected chi connectivity index (χ0v) is 8.78. The van der Waals surface area contributed by atoms with Crippen molar-refractivity contribution in [1.82, 2.24) is 9.97 Å². The van der Waals surface area contributed by atoms with Gasteiger partial charge in [-0.1, -0.05) is 6.07 Å². The van der Waals surface area contributed by atoms with Gasteiger partial charge >= 0.3 is 0 Å². The number of hydrogen-bond acceptors (Lipinski definition) is 5. The van der Waals surface area contributed by atoms with Gasteiger partial charge in [-0.05, 0) is 18.2 Å². The fraction of sp³-hybridized carbons (Fsp3) is 0.0833. The number of aromatic nitrogens is 2. The summed E-state index contributed by atoms with van der Waals surface area (Å²) in [6.45, 7) is 0. The maximum absolute atomic E-state index is 10.9. The number of aliphatic hydroxyl groups is 1. The monoisotopic (exact) mass is 229 g/mol. The number of carboxylic acids is 1. The smallest absolute Gasteiger partial charge is 0.123 e. The molecule has 0 aliphatic carbocycles. The lowest BCUT2D eigenvalue weighted by Crippen LogP contribution is -2.25. The second-order valence-corrected chi connectivity index (χ2v) is 3.41. The zero-order chi connectivity index (χ0) is 12.3. The molecule has 2 heterocycles. The molecular formula is C12H9N2O3-. The highest BCUT2D eigenvalue weighted by Crippen LogP contribution is 2.21. The van der Waals surface area contributed by atoms with Gasteiger partial charge in [0.1, 0.15) is 6.10 Å². The van der Waals surface area contributed by atoms with Crippen LogP contribution in [0.25, 0.3) is 0 Å². The first-order valence-corrected chi connectivity index (χ1v) is 4.94. The molecule has 0 saturated heterocycles. The number of carbonyl (C=O) groups is 1. The van der Waals surface area contributed by atoms with Crippen molar-refractivity contribution in [3.63, 3.8) is 0 Å². The lowest BCUT2D eigenvalue weighted by molar-refractivity contribution is -0.255. The van der Waals surface area contributed by atoms with E-state index in [9.17, 15) is 15.0 Å². The SMILES string of the molecule is O=C([O-])c1cccnc1C(O)c1cccnc1. The molecule has 0 saturated carbocycles. The second kappa shape index (κ2) is 4.71. The highest BCUT2D eigenvalue weighted by molar-refractivity contribution is 5.87. The Morgan fingerprint density at radius 3 is 2.71 bits per heavy atom. The van der Waals surface area contributed by atoms with Crippen LogP contribution in [0.3, 0.4) is 0 Å². The first-order valence-electron chi connectivity index (χ1n) is 4.94. The summed E-state index contributed by atoms with van der Waals surface area (Å²) in [7, 11) is 0. The van der Waals surface area contributed by atoms with E-state index in [0.717, 1.165) is 0 Å². The van der Waals surface area contributed by atoms with Crippen molar-refractivity contribution < 1.29 is 15.0 Å². The van der Waals surface area contributed by atoms with E-state index in [-0.39, 0.29) is 11.3 Å². The van der Waals surface area contributed by atoms with Crippen LogP contribution in [-0.4, -0.2) is 21.0 Å². The molecule has 1 unspecified atom stereocenters. The molecule has 5 nitrogen and oxygen atoms in total. The third kappa shape index (κ3) is 2.29. The number of carbonyl (C=O) groups excluding carboxylic acids is 1. The minimum absolute atomic E-state index is 0.0560. The minimum Gasteiger partial charge on any atom is -0.545 e. The average molecular weight is 229 g/mol. The molecule has 1 atom stereocenters. The summed E-state index contributed by atoms with van der Waals surface area (Å²) in [5.41, 5.74) is 0.415. The van der Waals surface area contributed by atoms with Gasteiger partial charge in [-0.25, -0.2) is 0 Å². The molecule has 0 amide bonds. The van der Waals surface area contributed by atoms with E-state index >= 15 is 0 Å². The number of aromatic carboxylic acids is 1. The van der Waals surface area contributed by atoms with Crippen LogP contribution in [0.4, 0.5) is 0 Å². The Morgan fingerprint density at radius 2 is 2.06 bits per heavy atom. The maximum Gasteiger partial charge on any atom is 0.123 e. The summed E-state index contributed by atoms with van der Waals surface area (Å²) >= 11 is 0. The van der Waals surface area contributed by atoms with Crippen molar-refractivity contribution >= 4 is 5.97 Å². The topological polar surface area (TPSA) is 86.1 Å².